The molecular weight excluding hydrogens is 350 g/mol. The van der Waals surface area contributed by atoms with Gasteiger partial charge in [-0.2, -0.15) is 0 Å². The number of carbonyl (C=O) groups excluding carboxylic acids is 1. The van der Waals surface area contributed by atoms with Crippen molar-refractivity contribution >= 4 is 34.4 Å². The first-order valence-corrected chi connectivity index (χ1v) is 9.43. The number of aryl methyl sites for hydroxylation is 1. The normalized spacial score (nSPS) is 15.4. The molecule has 1 aromatic heterocycles. The van der Waals surface area contributed by atoms with E-state index in [2.05, 4.69) is 15.2 Å². The monoisotopic (exact) mass is 375 g/mol. The molecule has 0 bridgehead atoms. The third-order valence-corrected chi connectivity index (χ3v) is 4.58. The van der Waals surface area contributed by atoms with Crippen LogP contribution < -0.4 is 10.2 Å². The lowest BCUT2D eigenvalue weighted by Crippen LogP contribution is -2.55. The van der Waals surface area contributed by atoms with Crippen molar-refractivity contribution in [2.75, 3.05) is 31.1 Å². The zero-order valence-corrected chi connectivity index (χ0v) is 16.6. The van der Waals surface area contributed by atoms with E-state index in [0.717, 1.165) is 42.1 Å². The molecule has 6 nitrogen and oxygen atoms in total. The number of anilines is 1. The van der Waals surface area contributed by atoms with Gasteiger partial charge >= 0.3 is 6.03 Å². The summed E-state index contributed by atoms with van der Waals surface area (Å²) in [5, 5.41) is 4.70. The van der Waals surface area contributed by atoms with Crippen LogP contribution in [0.3, 0.4) is 0 Å². The average Bonchev–Trinajstić information content (AvgIpc) is 2.59. The fourth-order valence-corrected chi connectivity index (χ4v) is 3.22. The highest BCUT2D eigenvalue weighted by molar-refractivity contribution is 6.31. The number of nitrogens with zero attached hydrogens (tertiary/aromatic N) is 4. The molecule has 1 aromatic carbocycles. The number of hydrogen-bond donors (Lipinski definition) is 1. The standard InChI is InChI=1S/C19H26ClN5O/c1-5-16-21-15-12-13(20)6-7-14(15)17(22-16)24-8-10-25(11-9-24)18(26)23-19(2,3)4/h6-7,12H,5,8-11H2,1-4H3,(H,23,26). The molecule has 1 N–H and O–H groups in total. The SMILES string of the molecule is CCc1nc(N2CCN(C(=O)NC(C)(C)C)CC2)c2ccc(Cl)cc2n1. The molecule has 1 aliphatic heterocycles. The summed E-state index contributed by atoms with van der Waals surface area (Å²) in [4.78, 5) is 25.8. The Hall–Kier alpha value is -2.08. The lowest BCUT2D eigenvalue weighted by molar-refractivity contribution is 0.185. The minimum absolute atomic E-state index is 0.00859. The van der Waals surface area contributed by atoms with E-state index < -0.39 is 0 Å². The lowest BCUT2D eigenvalue weighted by atomic mass is 10.1. The number of urea groups is 1. The van der Waals surface area contributed by atoms with Crippen molar-refractivity contribution < 1.29 is 4.79 Å². The Morgan fingerprint density at radius 2 is 1.88 bits per heavy atom. The summed E-state index contributed by atoms with van der Waals surface area (Å²) < 4.78 is 0. The number of nitrogens with one attached hydrogen (secondary N) is 1. The lowest BCUT2D eigenvalue weighted by Gasteiger charge is -2.37. The van der Waals surface area contributed by atoms with Gasteiger partial charge in [0, 0.05) is 48.5 Å². The molecule has 1 saturated heterocycles. The summed E-state index contributed by atoms with van der Waals surface area (Å²) in [6.07, 6.45) is 0.767. The van der Waals surface area contributed by atoms with E-state index >= 15 is 0 Å². The van der Waals surface area contributed by atoms with Crippen LogP contribution in [0.25, 0.3) is 10.9 Å². The highest BCUT2D eigenvalue weighted by atomic mass is 35.5. The van der Waals surface area contributed by atoms with E-state index in [1.807, 2.05) is 50.8 Å². The Morgan fingerprint density at radius 3 is 2.50 bits per heavy atom. The van der Waals surface area contributed by atoms with Gasteiger partial charge in [-0.25, -0.2) is 14.8 Å². The maximum absolute atomic E-state index is 12.4. The molecule has 3 rings (SSSR count). The van der Waals surface area contributed by atoms with Crippen LogP contribution in [0.1, 0.15) is 33.5 Å². The van der Waals surface area contributed by atoms with Gasteiger partial charge in [0.05, 0.1) is 5.52 Å². The number of amides is 2. The van der Waals surface area contributed by atoms with Crippen LogP contribution >= 0.6 is 11.6 Å². The Bertz CT molecular complexity index is 809. The number of carbonyl (C=O) groups is 1. The van der Waals surface area contributed by atoms with Gasteiger partial charge in [-0.15, -0.1) is 0 Å². The van der Waals surface area contributed by atoms with Crippen LogP contribution in [0.5, 0.6) is 0 Å². The molecule has 2 amide bonds. The summed E-state index contributed by atoms with van der Waals surface area (Å²) in [6.45, 7) is 10.9. The molecule has 1 fully saturated rings. The molecule has 7 heteroatoms. The zero-order valence-electron chi connectivity index (χ0n) is 15.8. The fourth-order valence-electron chi connectivity index (χ4n) is 3.05. The minimum atomic E-state index is -0.230. The minimum Gasteiger partial charge on any atom is -0.352 e. The fraction of sp³-hybridized carbons (Fsp3) is 0.526. The molecule has 0 spiro atoms. The van der Waals surface area contributed by atoms with Gasteiger partial charge in [-0.3, -0.25) is 0 Å². The first kappa shape index (κ1) is 18.7. The van der Waals surface area contributed by atoms with Gasteiger partial charge in [-0.1, -0.05) is 18.5 Å². The van der Waals surface area contributed by atoms with Crippen molar-refractivity contribution in [1.82, 2.24) is 20.2 Å². The summed E-state index contributed by atoms with van der Waals surface area (Å²) in [5.74, 6) is 1.74. The highest BCUT2D eigenvalue weighted by Crippen LogP contribution is 2.27. The maximum atomic E-state index is 12.4. The molecule has 26 heavy (non-hydrogen) atoms. The van der Waals surface area contributed by atoms with E-state index in [0.29, 0.717) is 18.1 Å². The van der Waals surface area contributed by atoms with E-state index in [1.165, 1.54) is 0 Å². The number of fused-ring (bicyclic) bond motifs is 1. The number of rotatable bonds is 2. The van der Waals surface area contributed by atoms with Gasteiger partial charge in [0.1, 0.15) is 11.6 Å². The van der Waals surface area contributed by atoms with Crippen LogP contribution in [0.4, 0.5) is 10.6 Å². The number of benzene rings is 1. The van der Waals surface area contributed by atoms with Crippen molar-refractivity contribution in [3.63, 3.8) is 0 Å². The second kappa shape index (κ2) is 7.27. The molecule has 0 aliphatic carbocycles. The van der Waals surface area contributed by atoms with Crippen LogP contribution in [0.2, 0.25) is 5.02 Å². The maximum Gasteiger partial charge on any atom is 0.317 e. The van der Waals surface area contributed by atoms with Crippen LogP contribution in [0, 0.1) is 0 Å². The van der Waals surface area contributed by atoms with Crippen LogP contribution in [0.15, 0.2) is 18.2 Å². The largest absolute Gasteiger partial charge is 0.352 e. The molecule has 140 valence electrons. The predicted octanol–water partition coefficient (Wildman–Crippen LogP) is 3.48. The Kier molecular flexibility index (Phi) is 5.23. The number of halogens is 1. The van der Waals surface area contributed by atoms with Crippen molar-refractivity contribution in [3.8, 4) is 0 Å². The Labute approximate surface area is 159 Å². The van der Waals surface area contributed by atoms with E-state index in [4.69, 9.17) is 16.6 Å². The zero-order chi connectivity index (χ0) is 18.9. The molecule has 0 saturated carbocycles. The summed E-state index contributed by atoms with van der Waals surface area (Å²) >= 11 is 6.13. The van der Waals surface area contributed by atoms with Crippen molar-refractivity contribution in [3.05, 3.63) is 29.0 Å². The second-order valence-corrected chi connectivity index (χ2v) is 8.07. The van der Waals surface area contributed by atoms with Gasteiger partial charge in [0.25, 0.3) is 0 Å². The van der Waals surface area contributed by atoms with Gasteiger partial charge in [0.2, 0.25) is 0 Å². The molecule has 0 atom stereocenters. The first-order chi connectivity index (χ1) is 12.3. The number of aromatic nitrogens is 2. The number of piperazine rings is 1. The van der Waals surface area contributed by atoms with Crippen LogP contribution in [-0.4, -0.2) is 52.6 Å². The summed E-state index contributed by atoms with van der Waals surface area (Å²) in [7, 11) is 0. The molecular formula is C19H26ClN5O. The van der Waals surface area contributed by atoms with Crippen LogP contribution in [-0.2, 0) is 6.42 Å². The topological polar surface area (TPSA) is 61.4 Å². The smallest absolute Gasteiger partial charge is 0.317 e. The van der Waals surface area contributed by atoms with Gasteiger partial charge in [0.15, 0.2) is 0 Å². The van der Waals surface area contributed by atoms with E-state index in [9.17, 15) is 4.79 Å². The predicted molar refractivity (Wildman–Crippen MR) is 106 cm³/mol. The Balaban J connectivity index is 1.80. The highest BCUT2D eigenvalue weighted by Gasteiger charge is 2.25. The Morgan fingerprint density at radius 1 is 1.19 bits per heavy atom. The van der Waals surface area contributed by atoms with E-state index in [-0.39, 0.29) is 11.6 Å². The number of hydrogen-bond acceptors (Lipinski definition) is 4. The summed E-state index contributed by atoms with van der Waals surface area (Å²) in [5.41, 5.74) is 0.638. The molecule has 0 radical (unpaired) electrons. The molecule has 2 heterocycles. The third kappa shape index (κ3) is 4.18. The summed E-state index contributed by atoms with van der Waals surface area (Å²) in [6, 6.07) is 5.72. The quantitative estimate of drug-likeness (QED) is 0.872. The average molecular weight is 376 g/mol. The van der Waals surface area contributed by atoms with Gasteiger partial charge in [-0.05, 0) is 39.0 Å². The van der Waals surface area contributed by atoms with Crippen molar-refractivity contribution in [1.29, 1.82) is 0 Å². The van der Waals surface area contributed by atoms with E-state index in [1.54, 1.807) is 0 Å². The van der Waals surface area contributed by atoms with Crippen molar-refractivity contribution in [2.24, 2.45) is 0 Å². The van der Waals surface area contributed by atoms with Crippen molar-refractivity contribution in [2.45, 2.75) is 39.7 Å². The first-order valence-electron chi connectivity index (χ1n) is 9.05. The third-order valence-electron chi connectivity index (χ3n) is 4.35. The molecule has 2 aromatic rings. The molecule has 0 unspecified atom stereocenters. The van der Waals surface area contributed by atoms with Gasteiger partial charge < -0.3 is 15.1 Å². The second-order valence-electron chi connectivity index (χ2n) is 7.63. The molecule has 1 aliphatic rings.